The van der Waals surface area contributed by atoms with Crippen molar-refractivity contribution in [2.24, 2.45) is 11.8 Å². The van der Waals surface area contributed by atoms with Gasteiger partial charge in [0, 0.05) is 5.57 Å². The molecule has 0 aliphatic heterocycles. The van der Waals surface area contributed by atoms with Crippen molar-refractivity contribution in [1.29, 1.82) is 0 Å². The molecule has 166 valence electrons. The second-order valence-corrected chi connectivity index (χ2v) is 8.95. The minimum Gasteiger partial charge on any atom is -0.508 e. The summed E-state index contributed by atoms with van der Waals surface area (Å²) in [5.41, 5.74) is 4.33. The van der Waals surface area contributed by atoms with Crippen LogP contribution in [-0.4, -0.2) is 5.11 Å². The molecule has 31 heavy (non-hydrogen) atoms. The van der Waals surface area contributed by atoms with Crippen LogP contribution < -0.4 is 4.74 Å². The lowest BCUT2D eigenvalue weighted by Gasteiger charge is -2.27. The largest absolute Gasteiger partial charge is 0.508 e. The highest BCUT2D eigenvalue weighted by molar-refractivity contribution is 5.41. The van der Waals surface area contributed by atoms with Crippen LogP contribution in [0.2, 0.25) is 0 Å². The van der Waals surface area contributed by atoms with Crippen LogP contribution in [0.25, 0.3) is 0 Å². The Morgan fingerprint density at radius 1 is 1.06 bits per heavy atom. The van der Waals surface area contributed by atoms with Gasteiger partial charge in [-0.15, -0.1) is 0 Å². The summed E-state index contributed by atoms with van der Waals surface area (Å²) >= 11 is 0. The topological polar surface area (TPSA) is 29.5 Å². The second-order valence-electron chi connectivity index (χ2n) is 8.95. The van der Waals surface area contributed by atoms with E-state index in [1.165, 1.54) is 57.4 Å². The van der Waals surface area contributed by atoms with E-state index in [-0.39, 0.29) is 5.76 Å². The van der Waals surface area contributed by atoms with Gasteiger partial charge in [-0.2, -0.15) is 0 Å². The molecule has 2 nitrogen and oxygen atoms in total. The van der Waals surface area contributed by atoms with E-state index in [2.05, 4.69) is 19.6 Å². The lowest BCUT2D eigenvalue weighted by atomic mass is 9.80. The highest BCUT2D eigenvalue weighted by Crippen LogP contribution is 2.39. The van der Waals surface area contributed by atoms with Crippen molar-refractivity contribution in [3.05, 3.63) is 89.5 Å². The quantitative estimate of drug-likeness (QED) is 0.285. The molecule has 1 N–H and O–H groups in total. The lowest BCUT2D eigenvalue weighted by molar-refractivity contribution is 0.409. The summed E-state index contributed by atoms with van der Waals surface area (Å²) in [6, 6.07) is 9.92. The summed E-state index contributed by atoms with van der Waals surface area (Å²) in [5, 5.41) is 10.1. The molecule has 3 rings (SSSR count). The standard InChI is InChI=1S/C29H38O2/c1-4-24(21-26(30)5-2)29(31-27-16-9-7-10-17-27)20-23-14-12-13-22(3)28-18-11-6-8-15-25(28)19-23/h4-5,7,9-10,16-17,20-23,30H,2,6,8,11-15,18-19H2,1,3H3/b24-4+,26-21+,29-20-. The Balaban J connectivity index is 1.95. The normalized spacial score (nSPS) is 24.0. The molecule has 0 bridgehead atoms. The second kappa shape index (κ2) is 11.8. The maximum atomic E-state index is 10.1. The molecule has 0 heterocycles. The van der Waals surface area contributed by atoms with Gasteiger partial charge in [0.25, 0.3) is 0 Å². The molecule has 0 saturated carbocycles. The van der Waals surface area contributed by atoms with E-state index in [4.69, 9.17) is 4.74 Å². The van der Waals surface area contributed by atoms with Crippen molar-refractivity contribution >= 4 is 0 Å². The zero-order chi connectivity index (χ0) is 22.1. The first-order valence-corrected chi connectivity index (χ1v) is 12.0. The van der Waals surface area contributed by atoms with Gasteiger partial charge in [0.15, 0.2) is 0 Å². The molecule has 1 aromatic carbocycles. The molecule has 1 aromatic rings. The Bertz CT molecular complexity index is 854. The predicted molar refractivity (Wildman–Crippen MR) is 131 cm³/mol. The van der Waals surface area contributed by atoms with Crippen molar-refractivity contribution in [3.63, 3.8) is 0 Å². The summed E-state index contributed by atoms with van der Waals surface area (Å²) in [7, 11) is 0. The number of benzene rings is 1. The third-order valence-corrected chi connectivity index (χ3v) is 6.66. The molecule has 0 amide bonds. The number of para-hydroxylation sites is 1. The Morgan fingerprint density at radius 3 is 2.58 bits per heavy atom. The molecule has 0 saturated heterocycles. The van der Waals surface area contributed by atoms with Crippen LogP contribution in [0.3, 0.4) is 0 Å². The molecular formula is C29H38O2. The number of rotatable bonds is 6. The average Bonchev–Trinajstić information content (AvgIpc) is 3.01. The molecule has 2 aliphatic carbocycles. The summed E-state index contributed by atoms with van der Waals surface area (Å²) in [4.78, 5) is 0. The zero-order valence-corrected chi connectivity index (χ0v) is 19.3. The van der Waals surface area contributed by atoms with Crippen molar-refractivity contribution in [2.75, 3.05) is 0 Å². The number of ether oxygens (including phenoxy) is 1. The molecule has 2 heteroatoms. The average molecular weight is 419 g/mol. The Labute approximate surface area is 188 Å². The van der Waals surface area contributed by atoms with Gasteiger partial charge in [0.05, 0.1) is 0 Å². The number of hydrogen-bond acceptors (Lipinski definition) is 2. The minimum atomic E-state index is 0.149. The van der Waals surface area contributed by atoms with E-state index in [0.717, 1.165) is 29.4 Å². The van der Waals surface area contributed by atoms with Gasteiger partial charge in [-0.05, 0) is 94.1 Å². The van der Waals surface area contributed by atoms with E-state index < -0.39 is 0 Å². The molecule has 2 aliphatic rings. The van der Waals surface area contributed by atoms with Gasteiger partial charge in [-0.1, -0.05) is 61.8 Å². The van der Waals surface area contributed by atoms with Gasteiger partial charge in [-0.3, -0.25) is 0 Å². The fourth-order valence-corrected chi connectivity index (χ4v) is 4.95. The van der Waals surface area contributed by atoms with Crippen LogP contribution >= 0.6 is 0 Å². The first kappa shape index (κ1) is 23.2. The Hall–Kier alpha value is -2.48. The fraction of sp³-hybridized carbons (Fsp3) is 0.448. The fourth-order valence-electron chi connectivity index (χ4n) is 4.95. The summed E-state index contributed by atoms with van der Waals surface area (Å²) in [5.74, 6) is 2.96. The van der Waals surface area contributed by atoms with Crippen LogP contribution in [0.5, 0.6) is 5.75 Å². The van der Waals surface area contributed by atoms with Crippen molar-refractivity contribution in [3.8, 4) is 5.75 Å². The van der Waals surface area contributed by atoms with Crippen molar-refractivity contribution in [2.45, 2.75) is 71.6 Å². The maximum Gasteiger partial charge on any atom is 0.130 e. The predicted octanol–water partition coefficient (Wildman–Crippen LogP) is 8.61. The first-order valence-electron chi connectivity index (χ1n) is 12.0. The van der Waals surface area contributed by atoms with Gasteiger partial charge in [0.1, 0.15) is 17.3 Å². The van der Waals surface area contributed by atoms with Crippen LogP contribution in [0.1, 0.15) is 71.6 Å². The van der Waals surface area contributed by atoms with Crippen molar-refractivity contribution in [1.82, 2.24) is 0 Å². The van der Waals surface area contributed by atoms with E-state index in [9.17, 15) is 5.11 Å². The van der Waals surface area contributed by atoms with Crippen LogP contribution in [0.4, 0.5) is 0 Å². The molecule has 2 unspecified atom stereocenters. The summed E-state index contributed by atoms with van der Waals surface area (Å²) < 4.78 is 6.36. The van der Waals surface area contributed by atoms with Gasteiger partial charge >= 0.3 is 0 Å². The molecule has 0 spiro atoms. The number of allylic oxidation sites excluding steroid dienone is 6. The summed E-state index contributed by atoms with van der Waals surface area (Å²) in [6.45, 7) is 8.09. The van der Waals surface area contributed by atoms with Gasteiger partial charge in [0.2, 0.25) is 0 Å². The monoisotopic (exact) mass is 418 g/mol. The third-order valence-electron chi connectivity index (χ3n) is 6.66. The minimum absolute atomic E-state index is 0.149. The van der Waals surface area contributed by atoms with Crippen molar-refractivity contribution < 1.29 is 9.84 Å². The lowest BCUT2D eigenvalue weighted by Crippen LogP contribution is -2.12. The number of aliphatic hydroxyl groups is 1. The molecular weight excluding hydrogens is 380 g/mol. The molecule has 0 aromatic heterocycles. The Morgan fingerprint density at radius 2 is 1.84 bits per heavy atom. The highest BCUT2D eigenvalue weighted by atomic mass is 16.5. The third kappa shape index (κ3) is 6.75. The van der Waals surface area contributed by atoms with Gasteiger partial charge < -0.3 is 9.84 Å². The molecule has 2 atom stereocenters. The Kier molecular flexibility index (Phi) is 8.82. The smallest absolute Gasteiger partial charge is 0.130 e. The molecule has 0 radical (unpaired) electrons. The molecule has 0 fully saturated rings. The number of hydrogen-bond donors (Lipinski definition) is 1. The van der Waals surface area contributed by atoms with E-state index in [1.54, 1.807) is 17.2 Å². The van der Waals surface area contributed by atoms with Crippen LogP contribution in [-0.2, 0) is 0 Å². The van der Waals surface area contributed by atoms with Crippen LogP contribution in [0, 0.1) is 11.8 Å². The maximum absolute atomic E-state index is 10.1. The summed E-state index contributed by atoms with van der Waals surface area (Å²) in [6.07, 6.45) is 18.9. The highest BCUT2D eigenvalue weighted by Gasteiger charge is 2.23. The SMILES string of the molecule is C=C\C(O)=C/C(=C\C)C(=C/C1CCCC(C)C2=C(CCCCC2)C1)/Oc1ccccc1. The zero-order valence-electron chi connectivity index (χ0n) is 19.3. The van der Waals surface area contributed by atoms with E-state index in [1.807, 2.05) is 43.3 Å². The van der Waals surface area contributed by atoms with Crippen LogP contribution in [0.15, 0.2) is 89.5 Å². The van der Waals surface area contributed by atoms with Gasteiger partial charge in [-0.25, -0.2) is 0 Å². The number of aliphatic hydroxyl groups excluding tert-OH is 1. The first-order chi connectivity index (χ1) is 15.1. The van der Waals surface area contributed by atoms with E-state index in [0.29, 0.717) is 5.92 Å². The van der Waals surface area contributed by atoms with E-state index >= 15 is 0 Å².